The van der Waals surface area contributed by atoms with Crippen molar-refractivity contribution in [3.05, 3.63) is 39.9 Å². The fourth-order valence-electron chi connectivity index (χ4n) is 4.39. The summed E-state index contributed by atoms with van der Waals surface area (Å²) in [5, 5.41) is 14.9. The van der Waals surface area contributed by atoms with E-state index in [1.54, 1.807) is 18.2 Å². The van der Waals surface area contributed by atoms with Crippen LogP contribution >= 0.6 is 11.6 Å². The van der Waals surface area contributed by atoms with Crippen LogP contribution in [0.1, 0.15) is 44.6 Å². The monoisotopic (exact) mass is 336 g/mol. The van der Waals surface area contributed by atoms with Crippen molar-refractivity contribution in [2.24, 2.45) is 5.41 Å². The summed E-state index contributed by atoms with van der Waals surface area (Å²) in [4.78, 5) is 22.4. The minimum absolute atomic E-state index is 0.0718. The van der Waals surface area contributed by atoms with Crippen LogP contribution in [0.5, 0.6) is 0 Å². The summed E-state index contributed by atoms with van der Waals surface area (Å²) in [6.45, 7) is 2.90. The molecule has 0 aromatic heterocycles. The Morgan fingerprint density at radius 3 is 2.83 bits per heavy atom. The standard InChI is InChI=1S/C17H21ClN2O3/c1-2-16-9-5-11-19-15(16)17(18,14(21)8-10-16)12-6-3-4-7-13(12)20(22)23/h3-4,6-7,15,19H,2,5,8-11H2,1H3/t15-,16-,17?/m0/s1. The van der Waals surface area contributed by atoms with Gasteiger partial charge in [-0.25, -0.2) is 0 Å². The summed E-state index contributed by atoms with van der Waals surface area (Å²) in [5.41, 5.74) is 0.182. The number of halogens is 1. The number of nitro groups is 1. The lowest BCUT2D eigenvalue weighted by atomic mass is 9.58. The first-order valence-corrected chi connectivity index (χ1v) is 8.53. The Morgan fingerprint density at radius 1 is 1.39 bits per heavy atom. The largest absolute Gasteiger partial charge is 0.311 e. The van der Waals surface area contributed by atoms with Crippen LogP contribution in [0, 0.1) is 15.5 Å². The Kier molecular flexibility index (Phi) is 4.19. The molecule has 1 unspecified atom stereocenters. The molecule has 2 fully saturated rings. The van der Waals surface area contributed by atoms with Gasteiger partial charge in [-0.15, -0.1) is 11.6 Å². The number of carbonyl (C=O) groups excluding carboxylic acids is 1. The SMILES string of the molecule is CC[C@@]12CCCN[C@@H]1C(Cl)(c1ccccc1[N+](=O)[O-])C(=O)CC2. The molecule has 0 bridgehead atoms. The second-order valence-corrected chi connectivity index (χ2v) is 7.21. The van der Waals surface area contributed by atoms with Crippen molar-refractivity contribution >= 4 is 23.1 Å². The fourth-order valence-corrected chi connectivity index (χ4v) is 4.95. The van der Waals surface area contributed by atoms with E-state index in [1.165, 1.54) is 6.07 Å². The van der Waals surface area contributed by atoms with Crippen LogP contribution in [0.4, 0.5) is 5.69 Å². The summed E-state index contributed by atoms with van der Waals surface area (Å²) in [6.07, 6.45) is 4.13. The number of nitrogens with zero attached hydrogens (tertiary/aromatic N) is 1. The number of alkyl halides is 1. The van der Waals surface area contributed by atoms with E-state index in [-0.39, 0.29) is 22.9 Å². The Balaban J connectivity index is 2.18. The molecule has 2 aliphatic rings. The molecule has 0 spiro atoms. The Morgan fingerprint density at radius 2 is 2.13 bits per heavy atom. The normalized spacial score (nSPS) is 34.0. The quantitative estimate of drug-likeness (QED) is 0.520. The number of benzene rings is 1. The summed E-state index contributed by atoms with van der Waals surface area (Å²) in [7, 11) is 0. The smallest absolute Gasteiger partial charge is 0.274 e. The highest BCUT2D eigenvalue weighted by atomic mass is 35.5. The van der Waals surface area contributed by atoms with E-state index in [4.69, 9.17) is 11.6 Å². The zero-order valence-corrected chi connectivity index (χ0v) is 13.9. The fraction of sp³-hybridized carbons (Fsp3) is 0.588. The van der Waals surface area contributed by atoms with Crippen molar-refractivity contribution in [1.29, 1.82) is 0 Å². The molecule has 1 aliphatic carbocycles. The molecule has 3 rings (SSSR count). The van der Waals surface area contributed by atoms with Crippen molar-refractivity contribution in [3.63, 3.8) is 0 Å². The molecule has 1 aromatic rings. The van der Waals surface area contributed by atoms with Gasteiger partial charge in [-0.1, -0.05) is 19.1 Å². The Hall–Kier alpha value is -1.46. The van der Waals surface area contributed by atoms with E-state index < -0.39 is 9.80 Å². The van der Waals surface area contributed by atoms with Gasteiger partial charge in [0.05, 0.1) is 10.5 Å². The average molecular weight is 337 g/mol. The summed E-state index contributed by atoms with van der Waals surface area (Å²) < 4.78 is 0. The third-order valence-corrected chi connectivity index (χ3v) is 6.30. The number of piperidine rings is 1. The molecular weight excluding hydrogens is 316 g/mol. The molecule has 3 atom stereocenters. The first-order chi connectivity index (χ1) is 11.0. The van der Waals surface area contributed by atoms with Gasteiger partial charge in [-0.05, 0) is 43.7 Å². The molecule has 6 heteroatoms. The van der Waals surface area contributed by atoms with Gasteiger partial charge in [0.2, 0.25) is 0 Å². The third kappa shape index (κ3) is 2.37. The molecule has 1 aliphatic heterocycles. The third-order valence-electron chi connectivity index (χ3n) is 5.66. The van der Waals surface area contributed by atoms with E-state index in [0.29, 0.717) is 12.0 Å². The van der Waals surface area contributed by atoms with Crippen LogP contribution in [0.25, 0.3) is 0 Å². The highest BCUT2D eigenvalue weighted by Crippen LogP contribution is 2.55. The number of hydrogen-bond acceptors (Lipinski definition) is 4. The van der Waals surface area contributed by atoms with Gasteiger partial charge in [0, 0.05) is 18.5 Å². The molecule has 23 heavy (non-hydrogen) atoms. The summed E-state index contributed by atoms with van der Waals surface area (Å²) >= 11 is 6.93. The molecule has 1 N–H and O–H groups in total. The number of hydrogen-bond donors (Lipinski definition) is 1. The number of nitrogens with one attached hydrogen (secondary N) is 1. The molecule has 1 saturated carbocycles. The van der Waals surface area contributed by atoms with Gasteiger partial charge in [0.15, 0.2) is 5.78 Å². The summed E-state index contributed by atoms with van der Waals surface area (Å²) in [6, 6.07) is 6.11. The number of Topliss-reactive ketones (excluding diaryl/α,β-unsaturated/α-hetero) is 1. The van der Waals surface area contributed by atoms with Gasteiger partial charge in [0.1, 0.15) is 4.87 Å². The zero-order chi connectivity index (χ0) is 16.7. The summed E-state index contributed by atoms with van der Waals surface area (Å²) in [5.74, 6) is -0.114. The van der Waals surface area contributed by atoms with E-state index in [0.717, 1.165) is 32.2 Å². The average Bonchev–Trinajstić information content (AvgIpc) is 2.58. The predicted octanol–water partition coefficient (Wildman–Crippen LogP) is 3.54. The maximum atomic E-state index is 12.8. The van der Waals surface area contributed by atoms with Gasteiger partial charge >= 0.3 is 0 Å². The number of fused-ring (bicyclic) bond motifs is 1. The number of nitro benzene ring substituents is 1. The van der Waals surface area contributed by atoms with E-state index in [1.807, 2.05) is 0 Å². The first-order valence-electron chi connectivity index (χ1n) is 8.15. The minimum atomic E-state index is -1.36. The molecule has 124 valence electrons. The zero-order valence-electron chi connectivity index (χ0n) is 13.2. The lowest BCUT2D eigenvalue weighted by molar-refractivity contribution is -0.385. The topological polar surface area (TPSA) is 72.2 Å². The van der Waals surface area contributed by atoms with Gasteiger partial charge in [-0.2, -0.15) is 0 Å². The van der Waals surface area contributed by atoms with Crippen molar-refractivity contribution in [2.45, 2.75) is 49.9 Å². The van der Waals surface area contributed by atoms with Crippen LogP contribution < -0.4 is 5.32 Å². The maximum absolute atomic E-state index is 12.8. The molecule has 5 nitrogen and oxygen atoms in total. The number of rotatable bonds is 3. The molecule has 0 amide bonds. The maximum Gasteiger partial charge on any atom is 0.274 e. The number of carbonyl (C=O) groups is 1. The van der Waals surface area contributed by atoms with E-state index >= 15 is 0 Å². The van der Waals surface area contributed by atoms with Crippen LogP contribution in [-0.4, -0.2) is 23.3 Å². The Bertz CT molecular complexity index is 650. The molecule has 1 aromatic carbocycles. The highest BCUT2D eigenvalue weighted by Gasteiger charge is 2.59. The van der Waals surface area contributed by atoms with Crippen molar-refractivity contribution < 1.29 is 9.72 Å². The van der Waals surface area contributed by atoms with Gasteiger partial charge < -0.3 is 5.32 Å². The van der Waals surface area contributed by atoms with E-state index in [2.05, 4.69) is 12.2 Å². The second-order valence-electron chi connectivity index (χ2n) is 6.62. The van der Waals surface area contributed by atoms with Crippen LogP contribution in [0.15, 0.2) is 24.3 Å². The van der Waals surface area contributed by atoms with Gasteiger partial charge in [0.25, 0.3) is 5.69 Å². The van der Waals surface area contributed by atoms with Crippen molar-refractivity contribution in [2.75, 3.05) is 6.54 Å². The Labute approximate surface area is 140 Å². The lowest BCUT2D eigenvalue weighted by Gasteiger charge is -2.54. The predicted molar refractivity (Wildman–Crippen MR) is 88.6 cm³/mol. The molecular formula is C17H21ClN2O3. The van der Waals surface area contributed by atoms with Crippen LogP contribution in [0.2, 0.25) is 0 Å². The van der Waals surface area contributed by atoms with Gasteiger partial charge in [-0.3, -0.25) is 14.9 Å². The van der Waals surface area contributed by atoms with Crippen molar-refractivity contribution in [3.8, 4) is 0 Å². The van der Waals surface area contributed by atoms with Crippen LogP contribution in [-0.2, 0) is 9.67 Å². The highest BCUT2D eigenvalue weighted by molar-refractivity contribution is 6.36. The number of para-hydroxylation sites is 1. The molecule has 1 saturated heterocycles. The molecule has 0 radical (unpaired) electrons. The number of ketones is 1. The molecule has 1 heterocycles. The van der Waals surface area contributed by atoms with Crippen LogP contribution in [0.3, 0.4) is 0 Å². The minimum Gasteiger partial charge on any atom is -0.311 e. The first kappa shape index (κ1) is 16.4. The van der Waals surface area contributed by atoms with Crippen molar-refractivity contribution in [1.82, 2.24) is 5.32 Å². The second kappa shape index (κ2) is 5.87. The lowest BCUT2D eigenvalue weighted by Crippen LogP contribution is -2.64. The van der Waals surface area contributed by atoms with E-state index in [9.17, 15) is 14.9 Å².